The second-order valence-corrected chi connectivity index (χ2v) is 7.28. The van der Waals surface area contributed by atoms with E-state index < -0.39 is 0 Å². The van der Waals surface area contributed by atoms with Crippen LogP contribution in [0.3, 0.4) is 0 Å². The lowest BCUT2D eigenvalue weighted by molar-refractivity contribution is -0.120. The molecule has 25 heavy (non-hydrogen) atoms. The second kappa shape index (κ2) is 5.69. The van der Waals surface area contributed by atoms with Gasteiger partial charge in [-0.25, -0.2) is 4.98 Å². The Morgan fingerprint density at radius 1 is 1.16 bits per heavy atom. The standard InChI is InChI=1S/C20H15N3OS/c24-17-8-10-22-12-18-16(9-11-25-18)23-13-21-15(19(23)20(17)22)7-6-14-4-2-1-3-5-14/h1-5,9,11,13,20H,8,10,12H2/t20-/m1/s1. The molecule has 0 unspecified atom stereocenters. The Hall–Kier alpha value is -2.68. The van der Waals surface area contributed by atoms with Crippen LogP contribution < -0.4 is 0 Å². The van der Waals surface area contributed by atoms with Crippen LogP contribution >= 0.6 is 11.3 Å². The molecule has 0 amide bonds. The summed E-state index contributed by atoms with van der Waals surface area (Å²) in [5, 5.41) is 2.10. The van der Waals surface area contributed by atoms with E-state index in [9.17, 15) is 4.79 Å². The number of hydrogen-bond donors (Lipinski definition) is 0. The molecule has 1 fully saturated rings. The van der Waals surface area contributed by atoms with E-state index in [-0.39, 0.29) is 11.8 Å². The van der Waals surface area contributed by atoms with E-state index in [0.29, 0.717) is 12.1 Å². The van der Waals surface area contributed by atoms with Crippen molar-refractivity contribution in [3.8, 4) is 17.5 Å². The minimum absolute atomic E-state index is 0.234. The van der Waals surface area contributed by atoms with Gasteiger partial charge in [0.1, 0.15) is 18.1 Å². The van der Waals surface area contributed by atoms with Crippen molar-refractivity contribution >= 4 is 17.1 Å². The van der Waals surface area contributed by atoms with Crippen LogP contribution in [0.2, 0.25) is 0 Å². The molecule has 2 aromatic heterocycles. The Morgan fingerprint density at radius 3 is 2.92 bits per heavy atom. The Bertz CT molecular complexity index is 1020. The maximum Gasteiger partial charge on any atom is 0.157 e. The van der Waals surface area contributed by atoms with Gasteiger partial charge in [-0.1, -0.05) is 24.1 Å². The molecule has 5 heteroatoms. The molecule has 3 aromatic rings. The first-order chi connectivity index (χ1) is 12.3. The van der Waals surface area contributed by atoms with Crippen molar-refractivity contribution in [1.82, 2.24) is 14.5 Å². The number of rotatable bonds is 0. The van der Waals surface area contributed by atoms with Gasteiger partial charge < -0.3 is 0 Å². The Labute approximate surface area is 149 Å². The summed E-state index contributed by atoms with van der Waals surface area (Å²) in [5.74, 6) is 6.64. The quantitative estimate of drug-likeness (QED) is 0.588. The van der Waals surface area contributed by atoms with Crippen molar-refractivity contribution in [3.63, 3.8) is 0 Å². The third kappa shape index (κ3) is 2.34. The van der Waals surface area contributed by atoms with Gasteiger partial charge in [0.15, 0.2) is 5.78 Å². The fourth-order valence-electron chi connectivity index (χ4n) is 3.63. The molecule has 0 radical (unpaired) electrons. The molecule has 1 atom stereocenters. The van der Waals surface area contributed by atoms with Gasteiger partial charge in [-0.2, -0.15) is 0 Å². The molecule has 1 saturated heterocycles. The molecule has 122 valence electrons. The summed E-state index contributed by atoms with van der Waals surface area (Å²) < 4.78 is 2.06. The minimum atomic E-state index is -0.234. The highest BCUT2D eigenvalue weighted by molar-refractivity contribution is 7.10. The Kier molecular flexibility index (Phi) is 3.34. The predicted octanol–water partition coefficient (Wildman–Crippen LogP) is 3.16. The third-order valence-corrected chi connectivity index (χ3v) is 5.70. The smallest absolute Gasteiger partial charge is 0.157 e. The summed E-state index contributed by atoms with van der Waals surface area (Å²) in [4.78, 5) is 20.7. The van der Waals surface area contributed by atoms with Crippen LogP contribution in [0.1, 0.15) is 34.3 Å². The third-order valence-electron chi connectivity index (χ3n) is 4.81. The van der Waals surface area contributed by atoms with Crippen molar-refractivity contribution in [2.45, 2.75) is 19.0 Å². The first-order valence-electron chi connectivity index (χ1n) is 8.29. The maximum atomic E-state index is 12.6. The number of carbonyl (C=O) groups excluding carboxylic acids is 1. The monoisotopic (exact) mass is 345 g/mol. The minimum Gasteiger partial charge on any atom is -0.299 e. The van der Waals surface area contributed by atoms with Crippen molar-refractivity contribution in [2.24, 2.45) is 0 Å². The summed E-state index contributed by atoms with van der Waals surface area (Å²) in [6.07, 6.45) is 2.41. The molecule has 0 N–H and O–H groups in total. The van der Waals surface area contributed by atoms with Gasteiger partial charge >= 0.3 is 0 Å². The molecule has 0 spiro atoms. The lowest BCUT2D eigenvalue weighted by Gasteiger charge is -2.20. The second-order valence-electron chi connectivity index (χ2n) is 6.28. The van der Waals surface area contributed by atoms with E-state index in [2.05, 4.69) is 37.7 Å². The molecule has 2 aliphatic rings. The number of fused-ring (bicyclic) bond motifs is 5. The first kappa shape index (κ1) is 14.6. The first-order valence-corrected chi connectivity index (χ1v) is 9.17. The molecule has 4 heterocycles. The number of carbonyl (C=O) groups is 1. The zero-order valence-electron chi connectivity index (χ0n) is 13.5. The number of ketones is 1. The van der Waals surface area contributed by atoms with Crippen LogP contribution in [-0.2, 0) is 11.3 Å². The van der Waals surface area contributed by atoms with Gasteiger partial charge in [-0.3, -0.25) is 14.3 Å². The van der Waals surface area contributed by atoms with Crippen LogP contribution in [0.4, 0.5) is 0 Å². The number of nitrogens with zero attached hydrogens (tertiary/aromatic N) is 3. The average molecular weight is 345 g/mol. The topological polar surface area (TPSA) is 38.1 Å². The molecular weight excluding hydrogens is 330 g/mol. The largest absolute Gasteiger partial charge is 0.299 e. The van der Waals surface area contributed by atoms with Gasteiger partial charge in [-0.15, -0.1) is 11.3 Å². The average Bonchev–Trinajstić information content (AvgIpc) is 3.32. The number of thiophene rings is 1. The molecule has 4 nitrogen and oxygen atoms in total. The normalized spacial score (nSPS) is 18.7. The van der Waals surface area contributed by atoms with E-state index in [1.54, 1.807) is 11.3 Å². The Balaban J connectivity index is 1.68. The van der Waals surface area contributed by atoms with Crippen LogP contribution in [0, 0.1) is 11.8 Å². The zero-order valence-corrected chi connectivity index (χ0v) is 14.3. The van der Waals surface area contributed by atoms with Gasteiger partial charge in [0.2, 0.25) is 0 Å². The highest BCUT2D eigenvalue weighted by atomic mass is 32.1. The number of aromatic nitrogens is 2. The summed E-state index contributed by atoms with van der Waals surface area (Å²) in [7, 11) is 0. The van der Waals surface area contributed by atoms with E-state index >= 15 is 0 Å². The number of benzene rings is 1. The van der Waals surface area contributed by atoms with Crippen LogP contribution in [0.15, 0.2) is 48.1 Å². The molecule has 1 aromatic carbocycles. The van der Waals surface area contributed by atoms with Gasteiger partial charge in [-0.05, 0) is 29.5 Å². The van der Waals surface area contributed by atoms with Crippen molar-refractivity contribution in [1.29, 1.82) is 0 Å². The highest BCUT2D eigenvalue weighted by Crippen LogP contribution is 2.39. The highest BCUT2D eigenvalue weighted by Gasteiger charge is 2.40. The SMILES string of the molecule is O=C1CCN2Cc3sccc3-n3cnc(C#Cc4ccccc4)c3[C@@H]12. The van der Waals surface area contributed by atoms with Gasteiger partial charge in [0.25, 0.3) is 0 Å². The van der Waals surface area contributed by atoms with Crippen LogP contribution in [0.5, 0.6) is 0 Å². The molecule has 2 aliphatic heterocycles. The maximum absolute atomic E-state index is 12.6. The van der Waals surface area contributed by atoms with Gasteiger partial charge in [0.05, 0.1) is 11.4 Å². The lowest BCUT2D eigenvalue weighted by atomic mass is 10.1. The van der Waals surface area contributed by atoms with E-state index in [4.69, 9.17) is 0 Å². The number of Topliss-reactive ketones (excluding diaryl/α,β-unsaturated/α-hetero) is 1. The molecule has 5 rings (SSSR count). The van der Waals surface area contributed by atoms with Gasteiger partial charge in [0, 0.05) is 30.0 Å². The predicted molar refractivity (Wildman–Crippen MR) is 96.6 cm³/mol. The fourth-order valence-corrected chi connectivity index (χ4v) is 4.52. The number of hydrogen-bond acceptors (Lipinski definition) is 4. The molecule has 0 aliphatic carbocycles. The number of imidazole rings is 1. The molecular formula is C20H15N3OS. The van der Waals surface area contributed by atoms with E-state index in [1.807, 2.05) is 36.7 Å². The lowest BCUT2D eigenvalue weighted by Crippen LogP contribution is -2.25. The zero-order chi connectivity index (χ0) is 16.8. The van der Waals surface area contributed by atoms with Crippen LogP contribution in [-0.4, -0.2) is 26.8 Å². The summed E-state index contributed by atoms with van der Waals surface area (Å²) in [6, 6.07) is 11.7. The van der Waals surface area contributed by atoms with E-state index in [1.165, 1.54) is 4.88 Å². The van der Waals surface area contributed by atoms with Crippen molar-refractivity contribution in [3.05, 3.63) is 69.9 Å². The van der Waals surface area contributed by atoms with E-state index in [0.717, 1.165) is 30.0 Å². The Morgan fingerprint density at radius 2 is 2.04 bits per heavy atom. The molecule has 0 bridgehead atoms. The van der Waals surface area contributed by atoms with Crippen LogP contribution in [0.25, 0.3) is 5.69 Å². The van der Waals surface area contributed by atoms with Crippen molar-refractivity contribution < 1.29 is 4.79 Å². The summed E-state index contributed by atoms with van der Waals surface area (Å²) in [5.41, 5.74) is 3.70. The molecule has 0 saturated carbocycles. The summed E-state index contributed by atoms with van der Waals surface area (Å²) in [6.45, 7) is 1.62. The summed E-state index contributed by atoms with van der Waals surface area (Å²) >= 11 is 1.73. The fraction of sp³-hybridized carbons (Fsp3) is 0.200. The van der Waals surface area contributed by atoms with Crippen molar-refractivity contribution in [2.75, 3.05) is 6.54 Å².